The molecule has 2 unspecified atom stereocenters. The largest absolute Gasteiger partial charge is 0.508 e. The Kier molecular flexibility index (Phi) is 32.2. The number of carbonyl (C=O) groups excluding carboxylic acids is 10. The second kappa shape index (κ2) is 38.5. The predicted octanol–water partition coefficient (Wildman–Crippen LogP) is 2.08. The van der Waals surface area contributed by atoms with Gasteiger partial charge in [0.2, 0.25) is 29.5 Å². The van der Waals surface area contributed by atoms with Gasteiger partial charge in [-0.15, -0.1) is 0 Å². The number of Topliss-reactive ketones (excluding diaryl/α,β-unsaturated/α-hetero) is 4. The zero-order valence-corrected chi connectivity index (χ0v) is 51.7. The first-order valence-corrected chi connectivity index (χ1v) is 31.9. The smallest absolute Gasteiger partial charge is 0.309 e. The number of esters is 1. The minimum Gasteiger partial charge on any atom is -0.508 e. The van der Waals surface area contributed by atoms with Crippen molar-refractivity contribution in [1.29, 1.82) is 0 Å². The molecule has 5 amide bonds. The molecule has 478 valence electrons. The van der Waals surface area contributed by atoms with Crippen LogP contribution in [0, 0.1) is 23.7 Å². The Morgan fingerprint density at radius 1 is 0.736 bits per heavy atom. The number of carbonyl (C=O) groups is 10. The minimum absolute atomic E-state index is 0.00764. The molecular weight excluding hydrogens is 1160 g/mol. The number of thioether (sulfide) groups is 2. The Morgan fingerprint density at radius 2 is 1.33 bits per heavy atom. The van der Waals surface area contributed by atoms with Crippen LogP contribution in [0.2, 0.25) is 0 Å². The fourth-order valence-electron chi connectivity index (χ4n) is 9.47. The number of phenolic OH excluding ortho intramolecular Hbond substituents is 2. The number of aliphatic hydroxyl groups is 2. The summed E-state index contributed by atoms with van der Waals surface area (Å²) in [6.07, 6.45) is 1.04. The van der Waals surface area contributed by atoms with Gasteiger partial charge < -0.3 is 67.0 Å². The van der Waals surface area contributed by atoms with Crippen LogP contribution in [0.4, 0.5) is 0 Å². The highest BCUT2D eigenvalue weighted by Crippen LogP contribution is 2.23. The third-order valence-corrected chi connectivity index (χ3v) is 16.2. The van der Waals surface area contributed by atoms with Crippen molar-refractivity contribution in [2.24, 2.45) is 29.4 Å². The normalized spacial score (nSPS) is 20.0. The number of amides is 5. The average Bonchev–Trinajstić information content (AvgIpc) is 3.64. The van der Waals surface area contributed by atoms with Gasteiger partial charge in [0, 0.05) is 50.9 Å². The van der Waals surface area contributed by atoms with E-state index in [9.17, 15) is 68.4 Å². The SMILES string of the molecule is CCC(C)[C@@H]1NC(=O)[C@H](Cc2ccccc2)NC(=O)[C@H](Cc2ccc(O)cc2)NC(=O)[C@@H](CC(=O)[C@@H](NC(=O)[C@H](CO)CC(=O)[C@H](Cc2ccc(O)cc2)NC(=O)COCCOCCCC(=O)[C@@H](N)CSC)C(C)O)COC(=O)[C@H](CCSC)CC1=O. The van der Waals surface area contributed by atoms with Crippen LogP contribution in [0.15, 0.2) is 78.9 Å². The molecule has 1 fully saturated rings. The van der Waals surface area contributed by atoms with Crippen LogP contribution < -0.4 is 32.3 Å². The summed E-state index contributed by atoms with van der Waals surface area (Å²) < 4.78 is 16.7. The first kappa shape index (κ1) is 72.7. The van der Waals surface area contributed by atoms with Gasteiger partial charge in [-0.25, -0.2) is 0 Å². The second-order valence-electron chi connectivity index (χ2n) is 21.8. The van der Waals surface area contributed by atoms with Gasteiger partial charge in [0.15, 0.2) is 17.3 Å². The molecule has 3 aromatic rings. The summed E-state index contributed by atoms with van der Waals surface area (Å²) in [5.74, 6) is -11.3. The maximum absolute atomic E-state index is 14.7. The fraction of sp³-hybridized carbons (Fsp3) is 0.548. The van der Waals surface area contributed by atoms with Crippen LogP contribution in [0.25, 0.3) is 0 Å². The molecular formula is C62H86N6O17S2. The molecule has 0 saturated carbocycles. The molecule has 11 atom stereocenters. The molecule has 0 bridgehead atoms. The van der Waals surface area contributed by atoms with Crippen LogP contribution in [0.1, 0.15) is 82.4 Å². The van der Waals surface area contributed by atoms with Crippen molar-refractivity contribution in [3.8, 4) is 11.5 Å². The lowest BCUT2D eigenvalue weighted by Gasteiger charge is -2.30. The van der Waals surface area contributed by atoms with E-state index in [1.54, 1.807) is 43.5 Å². The van der Waals surface area contributed by atoms with Crippen molar-refractivity contribution < 1.29 is 82.6 Å². The summed E-state index contributed by atoms with van der Waals surface area (Å²) in [4.78, 5) is 140. The highest BCUT2D eigenvalue weighted by Gasteiger charge is 2.39. The first-order valence-electron chi connectivity index (χ1n) is 29.1. The molecule has 11 N–H and O–H groups in total. The van der Waals surface area contributed by atoms with Crippen LogP contribution in [0.3, 0.4) is 0 Å². The van der Waals surface area contributed by atoms with E-state index in [-0.39, 0.29) is 75.6 Å². The number of rotatable bonds is 34. The summed E-state index contributed by atoms with van der Waals surface area (Å²) in [6.45, 7) is 2.90. The third kappa shape index (κ3) is 25.5. The van der Waals surface area contributed by atoms with Gasteiger partial charge >= 0.3 is 5.97 Å². The maximum atomic E-state index is 14.7. The number of phenols is 2. The molecule has 23 nitrogen and oxygen atoms in total. The van der Waals surface area contributed by atoms with Crippen molar-refractivity contribution >= 4 is 82.2 Å². The van der Waals surface area contributed by atoms with Crippen molar-refractivity contribution in [1.82, 2.24) is 26.6 Å². The molecule has 87 heavy (non-hydrogen) atoms. The number of benzene rings is 3. The van der Waals surface area contributed by atoms with Gasteiger partial charge in [-0.1, -0.05) is 74.9 Å². The number of ether oxygens (including phenoxy) is 3. The average molecular weight is 1250 g/mol. The van der Waals surface area contributed by atoms with Crippen molar-refractivity contribution in [2.75, 3.05) is 63.7 Å². The van der Waals surface area contributed by atoms with Gasteiger partial charge in [-0.05, 0) is 91.3 Å². The van der Waals surface area contributed by atoms with Crippen molar-refractivity contribution in [3.63, 3.8) is 0 Å². The number of aliphatic hydroxyl groups excluding tert-OH is 2. The van der Waals surface area contributed by atoms with E-state index < -0.39 is 152 Å². The summed E-state index contributed by atoms with van der Waals surface area (Å²) in [5.41, 5.74) is 7.46. The topological polar surface area (TPSA) is 365 Å². The highest BCUT2D eigenvalue weighted by molar-refractivity contribution is 7.98. The first-order chi connectivity index (χ1) is 41.6. The molecule has 1 saturated heterocycles. The zero-order valence-electron chi connectivity index (χ0n) is 50.1. The lowest BCUT2D eigenvalue weighted by Crippen LogP contribution is -2.58. The summed E-state index contributed by atoms with van der Waals surface area (Å²) in [6, 6.07) is 12.8. The molecule has 1 heterocycles. The highest BCUT2D eigenvalue weighted by atomic mass is 32.2. The van der Waals surface area contributed by atoms with Gasteiger partial charge in [-0.3, -0.25) is 47.9 Å². The number of hydrogen-bond donors (Lipinski definition) is 10. The van der Waals surface area contributed by atoms with E-state index in [2.05, 4.69) is 26.6 Å². The Labute approximate surface area is 516 Å². The quantitative estimate of drug-likeness (QED) is 0.0302. The molecule has 0 spiro atoms. The van der Waals surface area contributed by atoms with Gasteiger partial charge in [0.25, 0.3) is 0 Å². The molecule has 1 aliphatic rings. The van der Waals surface area contributed by atoms with Crippen LogP contribution in [-0.4, -0.2) is 185 Å². The lowest BCUT2D eigenvalue weighted by molar-refractivity contribution is -0.154. The Bertz CT molecular complexity index is 2720. The standard InChI is InChI=1S/C62H86N6O17S2/c1-6-37(2)56-53(75)30-42(22-26-86-4)62(82)85-34-44(59(79)65-49(29-41-16-20-46(72)21-17-41)60(80)66-50(61(81)67-56)28-39-11-8-7-9-12-39)32-54(76)57(38(3)70)68-58(78)43(33-69)31-52(74)48(27-40-14-18-45(71)19-15-40)64-55(77)35-84-25-24-83-23-10-13-51(73)47(63)36-87-5/h7-9,11-12,14-21,37-38,42-44,47-50,56-57,69-72H,6,10,13,22-36,63H2,1-5H3,(H,64,77)(H,65,79)(H,66,80)(H,67,81)(H,68,78)/t37?,38?,42-,43+,44+,47+,48+,49+,50+,56+,57+/m1/s1. The number of hydrogen-bond acceptors (Lipinski definition) is 20. The van der Waals surface area contributed by atoms with E-state index in [0.717, 1.165) is 0 Å². The van der Waals surface area contributed by atoms with Crippen molar-refractivity contribution in [2.45, 2.75) is 127 Å². The summed E-state index contributed by atoms with van der Waals surface area (Å²) >= 11 is 2.88. The van der Waals surface area contributed by atoms with E-state index in [1.165, 1.54) is 79.0 Å². The summed E-state index contributed by atoms with van der Waals surface area (Å²) in [5, 5.41) is 54.9. The molecule has 0 aliphatic carbocycles. The third-order valence-electron chi connectivity index (χ3n) is 14.8. The van der Waals surface area contributed by atoms with E-state index >= 15 is 0 Å². The molecule has 0 radical (unpaired) electrons. The predicted molar refractivity (Wildman–Crippen MR) is 327 cm³/mol. The fourth-order valence-corrected chi connectivity index (χ4v) is 10.5. The molecule has 1 aliphatic heterocycles. The zero-order chi connectivity index (χ0) is 64.0. The number of ketones is 4. The molecule has 4 rings (SSSR count). The van der Waals surface area contributed by atoms with Crippen molar-refractivity contribution in [3.05, 3.63) is 95.6 Å². The summed E-state index contributed by atoms with van der Waals surface area (Å²) in [7, 11) is 0. The number of cyclic esters (lactones) is 1. The number of nitrogens with two attached hydrogens (primary N) is 1. The van der Waals surface area contributed by atoms with E-state index in [0.29, 0.717) is 41.0 Å². The minimum atomic E-state index is -1.80. The molecule has 0 aromatic heterocycles. The second-order valence-corrected chi connectivity index (χ2v) is 23.7. The van der Waals surface area contributed by atoms with Crippen LogP contribution >= 0.6 is 23.5 Å². The lowest BCUT2D eigenvalue weighted by atomic mass is 9.88. The van der Waals surface area contributed by atoms with Gasteiger partial charge in [-0.2, -0.15) is 23.5 Å². The Hall–Kier alpha value is -6.74. The van der Waals surface area contributed by atoms with Gasteiger partial charge in [0.1, 0.15) is 48.6 Å². The van der Waals surface area contributed by atoms with E-state index in [1.807, 2.05) is 13.2 Å². The number of aromatic hydroxyl groups is 2. The monoisotopic (exact) mass is 1250 g/mol. The molecule has 3 aromatic carbocycles. The number of nitrogens with one attached hydrogen (secondary N) is 5. The Balaban J connectivity index is 1.59. The van der Waals surface area contributed by atoms with Crippen LogP contribution in [0.5, 0.6) is 11.5 Å². The maximum Gasteiger partial charge on any atom is 0.309 e. The van der Waals surface area contributed by atoms with Gasteiger partial charge in [0.05, 0.1) is 61.8 Å². The molecule has 25 heteroatoms. The van der Waals surface area contributed by atoms with E-state index in [4.69, 9.17) is 19.9 Å². The Morgan fingerprint density at radius 3 is 1.93 bits per heavy atom. The van der Waals surface area contributed by atoms with Crippen LogP contribution in [-0.2, 0) is 81.4 Å².